The SMILES string of the molecule is C[C@@H]1C[C@@H](Sc2nnc(C3CC3)n2C2CC2)C(=O)O1. The van der Waals surface area contributed by atoms with Crippen LogP contribution in [-0.2, 0) is 9.53 Å². The number of ether oxygens (including phenoxy) is 1. The number of rotatable bonds is 4. The van der Waals surface area contributed by atoms with Crippen LogP contribution in [0.1, 0.15) is 56.8 Å². The van der Waals surface area contributed by atoms with Gasteiger partial charge in [-0.15, -0.1) is 10.2 Å². The summed E-state index contributed by atoms with van der Waals surface area (Å²) in [6, 6.07) is 0.572. The first-order valence-corrected chi connectivity index (χ1v) is 7.92. The average Bonchev–Trinajstić information content (AvgIpc) is 3.28. The highest BCUT2D eigenvalue weighted by Gasteiger charge is 2.39. The van der Waals surface area contributed by atoms with Crippen LogP contribution in [0.25, 0.3) is 0 Å². The Bertz CT molecular complexity index is 522. The molecule has 3 fully saturated rings. The monoisotopic (exact) mass is 279 g/mol. The van der Waals surface area contributed by atoms with Gasteiger partial charge in [0.1, 0.15) is 17.2 Å². The number of carbonyl (C=O) groups excluding carboxylic acids is 1. The summed E-state index contributed by atoms with van der Waals surface area (Å²) in [5, 5.41) is 9.50. The van der Waals surface area contributed by atoms with Gasteiger partial charge in [-0.25, -0.2) is 0 Å². The summed E-state index contributed by atoms with van der Waals surface area (Å²) in [7, 11) is 0. The summed E-state index contributed by atoms with van der Waals surface area (Å²) < 4.78 is 7.50. The fourth-order valence-electron chi connectivity index (χ4n) is 2.61. The van der Waals surface area contributed by atoms with E-state index in [2.05, 4.69) is 14.8 Å². The third kappa shape index (κ3) is 2.16. The van der Waals surface area contributed by atoms with E-state index in [9.17, 15) is 4.79 Å². The lowest BCUT2D eigenvalue weighted by Crippen LogP contribution is -2.11. The molecule has 0 aromatic carbocycles. The van der Waals surface area contributed by atoms with Crippen molar-refractivity contribution in [1.82, 2.24) is 14.8 Å². The molecule has 6 heteroatoms. The molecule has 1 aliphatic heterocycles. The van der Waals surface area contributed by atoms with Crippen LogP contribution in [0.15, 0.2) is 5.16 Å². The Morgan fingerprint density at radius 1 is 1.26 bits per heavy atom. The topological polar surface area (TPSA) is 57.0 Å². The molecule has 1 aromatic rings. The number of nitrogens with zero attached hydrogens (tertiary/aromatic N) is 3. The van der Waals surface area contributed by atoms with Crippen molar-refractivity contribution in [2.75, 3.05) is 0 Å². The molecule has 19 heavy (non-hydrogen) atoms. The van der Waals surface area contributed by atoms with Crippen LogP contribution in [0.5, 0.6) is 0 Å². The van der Waals surface area contributed by atoms with E-state index < -0.39 is 0 Å². The Labute approximate surface area is 116 Å². The van der Waals surface area contributed by atoms with Crippen LogP contribution in [-0.4, -0.2) is 32.1 Å². The van der Waals surface area contributed by atoms with Gasteiger partial charge in [0.2, 0.25) is 0 Å². The Morgan fingerprint density at radius 2 is 2.05 bits per heavy atom. The maximum Gasteiger partial charge on any atom is 0.319 e. The number of esters is 1. The van der Waals surface area contributed by atoms with E-state index in [-0.39, 0.29) is 17.3 Å². The number of hydrogen-bond acceptors (Lipinski definition) is 5. The first kappa shape index (κ1) is 11.8. The second kappa shape index (κ2) is 4.23. The van der Waals surface area contributed by atoms with Gasteiger partial charge >= 0.3 is 5.97 Å². The Morgan fingerprint density at radius 3 is 2.63 bits per heavy atom. The summed E-state index contributed by atoms with van der Waals surface area (Å²) in [6.45, 7) is 1.94. The minimum Gasteiger partial charge on any atom is -0.462 e. The molecule has 2 saturated carbocycles. The van der Waals surface area contributed by atoms with Crippen LogP contribution in [0, 0.1) is 0 Å². The van der Waals surface area contributed by atoms with E-state index in [1.807, 2.05) is 6.92 Å². The first-order chi connectivity index (χ1) is 9.22. The van der Waals surface area contributed by atoms with Crippen molar-refractivity contribution >= 4 is 17.7 Å². The summed E-state index contributed by atoms with van der Waals surface area (Å²) in [5.41, 5.74) is 0. The summed E-state index contributed by atoms with van der Waals surface area (Å²) in [5.74, 6) is 1.65. The zero-order chi connectivity index (χ0) is 13.0. The van der Waals surface area contributed by atoms with Gasteiger partial charge in [0.25, 0.3) is 0 Å². The van der Waals surface area contributed by atoms with Gasteiger partial charge in [-0.2, -0.15) is 0 Å². The lowest BCUT2D eigenvalue weighted by Gasteiger charge is -2.09. The molecule has 2 aliphatic carbocycles. The molecular weight excluding hydrogens is 262 g/mol. The van der Waals surface area contributed by atoms with Gasteiger partial charge in [-0.1, -0.05) is 11.8 Å². The highest BCUT2D eigenvalue weighted by molar-refractivity contribution is 8.00. The van der Waals surface area contributed by atoms with Crippen molar-refractivity contribution < 1.29 is 9.53 Å². The van der Waals surface area contributed by atoms with Crippen LogP contribution in [0.3, 0.4) is 0 Å². The normalized spacial score (nSPS) is 30.7. The molecule has 2 atom stereocenters. The number of cyclic esters (lactones) is 1. The number of aromatic nitrogens is 3. The molecule has 0 N–H and O–H groups in total. The van der Waals surface area contributed by atoms with Crippen molar-refractivity contribution in [3.63, 3.8) is 0 Å². The van der Waals surface area contributed by atoms with E-state index in [0.29, 0.717) is 12.0 Å². The molecule has 0 unspecified atom stereocenters. The molecule has 3 aliphatic rings. The molecule has 0 radical (unpaired) electrons. The van der Waals surface area contributed by atoms with Gasteiger partial charge in [0, 0.05) is 18.4 Å². The largest absolute Gasteiger partial charge is 0.462 e. The van der Waals surface area contributed by atoms with Crippen molar-refractivity contribution in [3.8, 4) is 0 Å². The zero-order valence-corrected chi connectivity index (χ0v) is 11.7. The summed E-state index contributed by atoms with van der Waals surface area (Å²) >= 11 is 1.54. The molecule has 102 valence electrons. The smallest absolute Gasteiger partial charge is 0.319 e. The Kier molecular flexibility index (Phi) is 2.62. The first-order valence-electron chi connectivity index (χ1n) is 7.04. The summed E-state index contributed by atoms with van der Waals surface area (Å²) in [4.78, 5) is 11.7. The number of carbonyl (C=O) groups is 1. The fraction of sp³-hybridized carbons (Fsp3) is 0.769. The van der Waals surface area contributed by atoms with E-state index in [1.54, 1.807) is 0 Å². The Balaban J connectivity index is 1.59. The standard InChI is InChI=1S/C13H17N3O2S/c1-7-6-10(12(17)18-7)19-13-15-14-11(8-2-3-8)16(13)9-4-5-9/h7-10H,2-6H2,1H3/t7-,10-/m1/s1. The molecular formula is C13H17N3O2S. The minimum atomic E-state index is -0.108. The second-order valence-electron chi connectivity index (χ2n) is 5.81. The predicted molar refractivity (Wildman–Crippen MR) is 70.1 cm³/mol. The zero-order valence-electron chi connectivity index (χ0n) is 10.9. The Hall–Kier alpha value is -1.04. The van der Waals surface area contributed by atoms with E-state index in [1.165, 1.54) is 37.4 Å². The fourth-order valence-corrected chi connectivity index (χ4v) is 3.83. The molecule has 4 rings (SSSR count). The van der Waals surface area contributed by atoms with Crippen molar-refractivity contribution in [3.05, 3.63) is 5.82 Å². The third-order valence-corrected chi connectivity index (χ3v) is 5.08. The maximum atomic E-state index is 11.7. The van der Waals surface area contributed by atoms with Crippen molar-refractivity contribution in [1.29, 1.82) is 0 Å². The number of hydrogen-bond donors (Lipinski definition) is 0. The highest BCUT2D eigenvalue weighted by atomic mass is 32.2. The molecule has 0 amide bonds. The van der Waals surface area contributed by atoms with Crippen LogP contribution in [0.4, 0.5) is 0 Å². The van der Waals surface area contributed by atoms with E-state index in [0.717, 1.165) is 17.4 Å². The van der Waals surface area contributed by atoms with Crippen LogP contribution in [0.2, 0.25) is 0 Å². The number of thioether (sulfide) groups is 1. The minimum absolute atomic E-state index is 0.0326. The van der Waals surface area contributed by atoms with Crippen LogP contribution < -0.4 is 0 Å². The molecule has 1 aromatic heterocycles. The molecule has 0 bridgehead atoms. The van der Waals surface area contributed by atoms with Gasteiger partial charge in [0.05, 0.1) is 0 Å². The third-order valence-electron chi connectivity index (χ3n) is 3.92. The quantitative estimate of drug-likeness (QED) is 0.791. The maximum absolute atomic E-state index is 11.7. The average molecular weight is 279 g/mol. The van der Waals surface area contributed by atoms with E-state index in [4.69, 9.17) is 4.74 Å². The lowest BCUT2D eigenvalue weighted by molar-refractivity contribution is -0.140. The highest BCUT2D eigenvalue weighted by Crippen LogP contribution is 2.46. The predicted octanol–water partition coefficient (Wildman–Crippen LogP) is 2.29. The van der Waals surface area contributed by atoms with Crippen molar-refractivity contribution in [2.24, 2.45) is 0 Å². The van der Waals surface area contributed by atoms with Crippen LogP contribution >= 0.6 is 11.8 Å². The molecule has 1 saturated heterocycles. The van der Waals surface area contributed by atoms with E-state index >= 15 is 0 Å². The lowest BCUT2D eigenvalue weighted by atomic mass is 10.3. The van der Waals surface area contributed by atoms with Gasteiger partial charge in [-0.3, -0.25) is 4.79 Å². The molecule has 5 nitrogen and oxygen atoms in total. The molecule has 0 spiro atoms. The van der Waals surface area contributed by atoms with Gasteiger partial charge < -0.3 is 9.30 Å². The van der Waals surface area contributed by atoms with Gasteiger partial charge in [0.15, 0.2) is 5.16 Å². The second-order valence-corrected chi connectivity index (χ2v) is 6.98. The van der Waals surface area contributed by atoms with Gasteiger partial charge in [-0.05, 0) is 32.6 Å². The molecule has 2 heterocycles. The summed E-state index contributed by atoms with van der Waals surface area (Å²) in [6.07, 6.45) is 5.72. The van der Waals surface area contributed by atoms with Crippen molar-refractivity contribution in [2.45, 2.75) is 67.5 Å².